The van der Waals surface area contributed by atoms with Crippen molar-refractivity contribution in [1.82, 2.24) is 25.0 Å². The fourth-order valence-electron chi connectivity index (χ4n) is 3.71. The van der Waals surface area contributed by atoms with E-state index in [9.17, 15) is 4.79 Å². The van der Waals surface area contributed by atoms with Crippen molar-refractivity contribution in [2.45, 2.75) is 25.8 Å². The van der Waals surface area contributed by atoms with Crippen LogP contribution in [0.25, 0.3) is 21.6 Å². The van der Waals surface area contributed by atoms with Crippen LogP contribution in [0.1, 0.15) is 28.9 Å². The second kappa shape index (κ2) is 6.81. The third-order valence-corrected chi connectivity index (χ3v) is 6.06. The predicted molar refractivity (Wildman–Crippen MR) is 105 cm³/mol. The van der Waals surface area contributed by atoms with Gasteiger partial charge in [0.15, 0.2) is 5.65 Å². The van der Waals surface area contributed by atoms with E-state index in [0.717, 1.165) is 53.2 Å². The van der Waals surface area contributed by atoms with E-state index in [1.807, 2.05) is 49.5 Å². The summed E-state index contributed by atoms with van der Waals surface area (Å²) in [5.74, 6) is 0.0841. The molecule has 136 valence electrons. The molecule has 0 bridgehead atoms. The van der Waals surface area contributed by atoms with Gasteiger partial charge in [0.1, 0.15) is 0 Å². The molecule has 1 N–H and O–H groups in total. The van der Waals surface area contributed by atoms with E-state index >= 15 is 0 Å². The fraction of sp³-hybridized carbons (Fsp3) is 0.421. The topological polar surface area (TPSA) is 63.1 Å². The fourth-order valence-corrected chi connectivity index (χ4v) is 4.39. The Morgan fingerprint density at radius 1 is 1.35 bits per heavy atom. The predicted octanol–water partition coefficient (Wildman–Crippen LogP) is 2.83. The van der Waals surface area contributed by atoms with Crippen LogP contribution in [-0.2, 0) is 7.05 Å². The lowest BCUT2D eigenvalue weighted by Crippen LogP contribution is -2.44. The average Bonchev–Trinajstić information content (AvgIpc) is 3.29. The Balaban J connectivity index is 1.79. The summed E-state index contributed by atoms with van der Waals surface area (Å²) in [6.45, 7) is 3.50. The van der Waals surface area contributed by atoms with Crippen molar-refractivity contribution < 1.29 is 4.79 Å². The number of fused-ring (bicyclic) bond motifs is 1. The molecule has 1 aliphatic heterocycles. The van der Waals surface area contributed by atoms with Crippen LogP contribution in [0.4, 0.5) is 0 Å². The highest BCUT2D eigenvalue weighted by molar-refractivity contribution is 7.13. The first-order valence-electron chi connectivity index (χ1n) is 8.93. The minimum absolute atomic E-state index is 0.0841. The molecule has 3 aromatic heterocycles. The molecule has 6 nitrogen and oxygen atoms in total. The Hall–Kier alpha value is -2.25. The SMILES string of the molecule is CNC1CCN(C(=O)c2cc(-c3cccs3)nc3c2c(C)nn3C)CC1. The van der Waals surface area contributed by atoms with Gasteiger partial charge in [-0.25, -0.2) is 4.98 Å². The summed E-state index contributed by atoms with van der Waals surface area (Å²) in [7, 11) is 3.87. The van der Waals surface area contributed by atoms with Crippen LogP contribution < -0.4 is 5.32 Å². The molecule has 4 rings (SSSR count). The maximum Gasteiger partial charge on any atom is 0.254 e. The second-order valence-corrected chi connectivity index (χ2v) is 7.74. The number of aryl methyl sites for hydroxylation is 2. The molecule has 0 aliphatic carbocycles. The van der Waals surface area contributed by atoms with Crippen molar-refractivity contribution in [3.63, 3.8) is 0 Å². The number of aromatic nitrogens is 3. The molecule has 1 aliphatic rings. The average molecular weight is 369 g/mol. The Labute approximate surface area is 156 Å². The minimum Gasteiger partial charge on any atom is -0.339 e. The van der Waals surface area contributed by atoms with Crippen LogP contribution in [0.3, 0.4) is 0 Å². The Kier molecular flexibility index (Phi) is 4.50. The van der Waals surface area contributed by atoms with Gasteiger partial charge in [0, 0.05) is 26.2 Å². The van der Waals surface area contributed by atoms with E-state index in [0.29, 0.717) is 11.6 Å². The number of piperidine rings is 1. The van der Waals surface area contributed by atoms with Crippen LogP contribution >= 0.6 is 11.3 Å². The standard InChI is InChI=1S/C19H23N5OS/c1-12-17-14(19(25)24-8-6-13(20-2)7-9-24)11-15(16-5-4-10-26-16)21-18(17)23(3)22-12/h4-5,10-11,13,20H,6-9H2,1-3H3. The van der Waals surface area contributed by atoms with Gasteiger partial charge in [-0.2, -0.15) is 5.10 Å². The molecule has 7 heteroatoms. The monoisotopic (exact) mass is 369 g/mol. The quantitative estimate of drug-likeness (QED) is 0.771. The molecule has 26 heavy (non-hydrogen) atoms. The summed E-state index contributed by atoms with van der Waals surface area (Å²) in [5.41, 5.74) is 3.17. The van der Waals surface area contributed by atoms with Crippen LogP contribution in [0.15, 0.2) is 23.6 Å². The number of thiophene rings is 1. The lowest BCUT2D eigenvalue weighted by atomic mass is 10.0. The summed E-state index contributed by atoms with van der Waals surface area (Å²) in [6.07, 6.45) is 1.97. The lowest BCUT2D eigenvalue weighted by molar-refractivity contribution is 0.0709. The number of hydrogen-bond acceptors (Lipinski definition) is 5. The molecule has 0 aromatic carbocycles. The summed E-state index contributed by atoms with van der Waals surface area (Å²) in [6, 6.07) is 6.48. The highest BCUT2D eigenvalue weighted by atomic mass is 32.1. The normalized spacial score (nSPS) is 15.7. The molecule has 0 radical (unpaired) electrons. The van der Waals surface area contributed by atoms with Crippen LogP contribution in [0, 0.1) is 6.92 Å². The molecular weight excluding hydrogens is 346 g/mol. The van der Waals surface area contributed by atoms with E-state index in [-0.39, 0.29) is 5.91 Å². The molecule has 0 atom stereocenters. The van der Waals surface area contributed by atoms with Crippen LogP contribution in [0.2, 0.25) is 0 Å². The molecule has 3 aromatic rings. The first-order valence-corrected chi connectivity index (χ1v) is 9.81. The smallest absolute Gasteiger partial charge is 0.254 e. The van der Waals surface area contributed by atoms with Crippen molar-refractivity contribution in [2.75, 3.05) is 20.1 Å². The largest absolute Gasteiger partial charge is 0.339 e. The van der Waals surface area contributed by atoms with Crippen LogP contribution in [-0.4, -0.2) is 51.8 Å². The van der Waals surface area contributed by atoms with E-state index in [1.165, 1.54) is 0 Å². The zero-order valence-electron chi connectivity index (χ0n) is 15.3. The molecule has 4 heterocycles. The van der Waals surface area contributed by atoms with E-state index in [1.54, 1.807) is 16.0 Å². The maximum absolute atomic E-state index is 13.3. The molecule has 1 fully saturated rings. The highest BCUT2D eigenvalue weighted by Crippen LogP contribution is 2.30. The molecule has 1 saturated heterocycles. The highest BCUT2D eigenvalue weighted by Gasteiger charge is 2.26. The first-order chi connectivity index (χ1) is 12.6. The Morgan fingerprint density at radius 2 is 2.12 bits per heavy atom. The van der Waals surface area contributed by atoms with Gasteiger partial charge in [0.05, 0.1) is 27.2 Å². The van der Waals surface area contributed by atoms with Gasteiger partial charge in [-0.15, -0.1) is 11.3 Å². The number of hydrogen-bond donors (Lipinski definition) is 1. The second-order valence-electron chi connectivity index (χ2n) is 6.80. The van der Waals surface area contributed by atoms with E-state index < -0.39 is 0 Å². The summed E-state index contributed by atoms with van der Waals surface area (Å²) in [5, 5.41) is 10.7. The van der Waals surface area contributed by atoms with E-state index in [4.69, 9.17) is 4.98 Å². The number of nitrogens with one attached hydrogen (secondary N) is 1. The van der Waals surface area contributed by atoms with E-state index in [2.05, 4.69) is 10.4 Å². The van der Waals surface area contributed by atoms with Gasteiger partial charge in [-0.1, -0.05) is 6.07 Å². The van der Waals surface area contributed by atoms with Gasteiger partial charge in [-0.3, -0.25) is 9.48 Å². The molecule has 0 unspecified atom stereocenters. The van der Waals surface area contributed by atoms with Crippen molar-refractivity contribution in [3.8, 4) is 10.6 Å². The lowest BCUT2D eigenvalue weighted by Gasteiger charge is -2.32. The van der Waals surface area contributed by atoms with Crippen molar-refractivity contribution in [2.24, 2.45) is 7.05 Å². The maximum atomic E-state index is 13.3. The molecular formula is C19H23N5OS. The van der Waals surface area contributed by atoms with Gasteiger partial charge >= 0.3 is 0 Å². The number of carbonyl (C=O) groups is 1. The van der Waals surface area contributed by atoms with Gasteiger partial charge in [0.25, 0.3) is 5.91 Å². The Bertz CT molecular complexity index is 939. The number of likely N-dealkylation sites (tertiary alicyclic amines) is 1. The zero-order valence-corrected chi connectivity index (χ0v) is 16.1. The number of amides is 1. The third-order valence-electron chi connectivity index (χ3n) is 5.16. The molecule has 0 saturated carbocycles. The molecule has 0 spiro atoms. The van der Waals surface area contributed by atoms with Crippen molar-refractivity contribution >= 4 is 28.3 Å². The third kappa shape index (κ3) is 2.91. The van der Waals surface area contributed by atoms with Gasteiger partial charge in [0.2, 0.25) is 0 Å². The van der Waals surface area contributed by atoms with Gasteiger partial charge in [-0.05, 0) is 44.3 Å². The summed E-state index contributed by atoms with van der Waals surface area (Å²) >= 11 is 1.63. The van der Waals surface area contributed by atoms with Crippen molar-refractivity contribution in [3.05, 3.63) is 34.8 Å². The van der Waals surface area contributed by atoms with Gasteiger partial charge < -0.3 is 10.2 Å². The molecule has 1 amide bonds. The zero-order chi connectivity index (χ0) is 18.3. The summed E-state index contributed by atoms with van der Waals surface area (Å²) in [4.78, 5) is 21.1. The first kappa shape index (κ1) is 17.2. The number of rotatable bonds is 3. The Morgan fingerprint density at radius 3 is 2.77 bits per heavy atom. The number of carbonyl (C=O) groups excluding carboxylic acids is 1. The number of nitrogens with zero attached hydrogens (tertiary/aromatic N) is 4. The number of pyridine rings is 1. The summed E-state index contributed by atoms with van der Waals surface area (Å²) < 4.78 is 1.77. The van der Waals surface area contributed by atoms with Crippen molar-refractivity contribution in [1.29, 1.82) is 0 Å². The minimum atomic E-state index is 0.0841. The van der Waals surface area contributed by atoms with Crippen LogP contribution in [0.5, 0.6) is 0 Å².